The first-order valence-electron chi connectivity index (χ1n) is 7.41. The molecule has 3 nitrogen and oxygen atoms in total. The quantitative estimate of drug-likeness (QED) is 0.759. The van der Waals surface area contributed by atoms with E-state index in [2.05, 4.69) is 53.7 Å². The van der Waals surface area contributed by atoms with Crippen LogP contribution in [0.1, 0.15) is 18.1 Å². The van der Waals surface area contributed by atoms with Crippen molar-refractivity contribution >= 4 is 33.6 Å². The van der Waals surface area contributed by atoms with Crippen molar-refractivity contribution in [3.63, 3.8) is 0 Å². The first kappa shape index (κ1) is 16.8. The second-order valence-electron chi connectivity index (χ2n) is 5.47. The van der Waals surface area contributed by atoms with Gasteiger partial charge in [-0.3, -0.25) is 4.79 Å². The number of aryl methyl sites for hydroxylation is 2. The predicted molar refractivity (Wildman–Crippen MR) is 93.0 cm³/mol. The molecule has 0 aromatic heterocycles. The van der Waals surface area contributed by atoms with Crippen molar-refractivity contribution in [2.24, 2.45) is 0 Å². The highest BCUT2D eigenvalue weighted by Crippen LogP contribution is 2.28. The Balaban J connectivity index is 1.88. The largest absolute Gasteiger partial charge is 0.339 e. The van der Waals surface area contributed by atoms with E-state index in [0.717, 1.165) is 37.2 Å². The minimum atomic E-state index is 0.260. The highest BCUT2D eigenvalue weighted by atomic mass is 79.9. The van der Waals surface area contributed by atoms with Gasteiger partial charge in [0.1, 0.15) is 0 Å². The van der Waals surface area contributed by atoms with Gasteiger partial charge in [-0.25, -0.2) is 0 Å². The van der Waals surface area contributed by atoms with Crippen molar-refractivity contribution in [3.8, 4) is 0 Å². The van der Waals surface area contributed by atoms with Gasteiger partial charge in [0, 0.05) is 35.5 Å². The third kappa shape index (κ3) is 4.47. The molecule has 1 aromatic carbocycles. The number of amides is 1. The molecule has 0 aliphatic carbocycles. The molecule has 1 heterocycles. The number of carbonyl (C=O) groups excluding carboxylic acids is 1. The van der Waals surface area contributed by atoms with Gasteiger partial charge in [-0.05, 0) is 43.7 Å². The molecule has 0 spiro atoms. The number of hydrogen-bond donors (Lipinski definition) is 0. The Morgan fingerprint density at radius 1 is 1.19 bits per heavy atom. The first-order valence-corrected chi connectivity index (χ1v) is 9.18. The Labute approximate surface area is 140 Å². The van der Waals surface area contributed by atoms with Crippen molar-refractivity contribution in [1.82, 2.24) is 9.80 Å². The summed E-state index contributed by atoms with van der Waals surface area (Å²) < 4.78 is 1.13. The molecule has 0 bridgehead atoms. The van der Waals surface area contributed by atoms with Gasteiger partial charge in [0.15, 0.2) is 0 Å². The zero-order valence-corrected chi connectivity index (χ0v) is 15.4. The highest BCUT2D eigenvalue weighted by molar-refractivity contribution is 9.10. The summed E-state index contributed by atoms with van der Waals surface area (Å²) in [5.74, 6) is 0.796. The van der Waals surface area contributed by atoms with E-state index in [0.29, 0.717) is 5.75 Å². The van der Waals surface area contributed by atoms with E-state index in [1.54, 1.807) is 11.8 Å². The van der Waals surface area contributed by atoms with Gasteiger partial charge in [-0.2, -0.15) is 0 Å². The van der Waals surface area contributed by atoms with E-state index >= 15 is 0 Å². The number of halogens is 1. The summed E-state index contributed by atoms with van der Waals surface area (Å²) in [5.41, 5.74) is 2.44. The number of likely N-dealkylation sites (N-methyl/N-ethyl adjacent to an activating group) is 1. The van der Waals surface area contributed by atoms with Crippen LogP contribution in [-0.4, -0.2) is 54.2 Å². The average molecular weight is 371 g/mol. The van der Waals surface area contributed by atoms with E-state index in [1.807, 2.05) is 4.90 Å². The predicted octanol–water partition coefficient (Wildman–Crippen LogP) is 3.32. The number of thioether (sulfide) groups is 1. The Morgan fingerprint density at radius 3 is 2.48 bits per heavy atom. The molecule has 1 fully saturated rings. The van der Waals surface area contributed by atoms with Crippen LogP contribution in [0.5, 0.6) is 0 Å². The molecule has 5 heteroatoms. The molecule has 1 aromatic rings. The summed E-state index contributed by atoms with van der Waals surface area (Å²) in [4.78, 5) is 17.9. The number of nitrogens with zero attached hydrogens (tertiary/aromatic N) is 2. The lowest BCUT2D eigenvalue weighted by Gasteiger charge is -2.34. The minimum Gasteiger partial charge on any atom is -0.339 e. The molecule has 116 valence electrons. The van der Waals surface area contributed by atoms with Gasteiger partial charge in [0.25, 0.3) is 0 Å². The van der Waals surface area contributed by atoms with Gasteiger partial charge < -0.3 is 9.80 Å². The van der Waals surface area contributed by atoms with Crippen LogP contribution in [0, 0.1) is 13.8 Å². The lowest BCUT2D eigenvalue weighted by atomic mass is 10.2. The summed E-state index contributed by atoms with van der Waals surface area (Å²) in [6, 6.07) is 4.29. The van der Waals surface area contributed by atoms with Crippen molar-refractivity contribution < 1.29 is 4.79 Å². The molecule has 21 heavy (non-hydrogen) atoms. The summed E-state index contributed by atoms with van der Waals surface area (Å²) >= 11 is 5.20. The molecule has 0 N–H and O–H groups in total. The van der Waals surface area contributed by atoms with Crippen LogP contribution in [0.3, 0.4) is 0 Å². The van der Waals surface area contributed by atoms with Crippen LogP contribution in [-0.2, 0) is 4.79 Å². The Morgan fingerprint density at radius 2 is 1.86 bits per heavy atom. The minimum absolute atomic E-state index is 0.260. The molecule has 1 aliphatic heterocycles. The van der Waals surface area contributed by atoms with Crippen LogP contribution in [0.4, 0.5) is 0 Å². The highest BCUT2D eigenvalue weighted by Gasteiger charge is 2.20. The fourth-order valence-electron chi connectivity index (χ4n) is 2.45. The number of piperazine rings is 1. The average Bonchev–Trinajstić information content (AvgIpc) is 2.49. The third-order valence-corrected chi connectivity index (χ3v) is 5.98. The summed E-state index contributed by atoms with van der Waals surface area (Å²) in [7, 11) is 0. The van der Waals surface area contributed by atoms with E-state index < -0.39 is 0 Å². The smallest absolute Gasteiger partial charge is 0.233 e. The maximum atomic E-state index is 12.3. The second-order valence-corrected chi connectivity index (χ2v) is 7.34. The summed E-state index contributed by atoms with van der Waals surface area (Å²) in [6.07, 6.45) is 0. The molecular weight excluding hydrogens is 348 g/mol. The van der Waals surface area contributed by atoms with Gasteiger partial charge in [0.05, 0.1) is 5.75 Å². The lowest BCUT2D eigenvalue weighted by molar-refractivity contribution is -0.130. The van der Waals surface area contributed by atoms with Crippen molar-refractivity contribution in [2.45, 2.75) is 25.7 Å². The lowest BCUT2D eigenvalue weighted by Crippen LogP contribution is -2.49. The molecule has 0 saturated carbocycles. The Hall–Kier alpha value is -0.520. The first-order chi connectivity index (χ1) is 10.0. The SMILES string of the molecule is CCN1CCN(C(=O)CSc2cc(C)c(Br)cc2C)CC1. The van der Waals surface area contributed by atoms with Gasteiger partial charge in [-0.1, -0.05) is 22.9 Å². The number of rotatable bonds is 4. The van der Waals surface area contributed by atoms with E-state index in [9.17, 15) is 4.79 Å². The van der Waals surface area contributed by atoms with Crippen LogP contribution >= 0.6 is 27.7 Å². The molecule has 0 unspecified atom stereocenters. The zero-order chi connectivity index (χ0) is 15.4. The molecule has 1 saturated heterocycles. The fraction of sp³-hybridized carbons (Fsp3) is 0.562. The molecule has 0 atom stereocenters. The zero-order valence-electron chi connectivity index (χ0n) is 13.0. The third-order valence-electron chi connectivity index (χ3n) is 3.98. The molecule has 1 amide bonds. The number of benzene rings is 1. The Kier molecular flexibility index (Phi) is 6.14. The molecule has 2 rings (SSSR count). The summed E-state index contributed by atoms with van der Waals surface area (Å²) in [5, 5.41) is 0. The Bertz CT molecular complexity index is 513. The van der Waals surface area contributed by atoms with Crippen molar-refractivity contribution in [3.05, 3.63) is 27.7 Å². The summed E-state index contributed by atoms with van der Waals surface area (Å²) in [6.45, 7) is 11.2. The topological polar surface area (TPSA) is 23.6 Å². The number of hydrogen-bond acceptors (Lipinski definition) is 3. The van der Waals surface area contributed by atoms with Crippen LogP contribution in [0.25, 0.3) is 0 Å². The van der Waals surface area contributed by atoms with E-state index in [-0.39, 0.29) is 5.91 Å². The van der Waals surface area contributed by atoms with Crippen molar-refractivity contribution in [1.29, 1.82) is 0 Å². The van der Waals surface area contributed by atoms with E-state index in [1.165, 1.54) is 16.0 Å². The van der Waals surface area contributed by atoms with Gasteiger partial charge >= 0.3 is 0 Å². The van der Waals surface area contributed by atoms with Gasteiger partial charge in [0.2, 0.25) is 5.91 Å². The fourth-order valence-corrected chi connectivity index (χ4v) is 3.92. The van der Waals surface area contributed by atoms with Gasteiger partial charge in [-0.15, -0.1) is 11.8 Å². The maximum Gasteiger partial charge on any atom is 0.233 e. The maximum absolute atomic E-state index is 12.3. The van der Waals surface area contributed by atoms with Crippen LogP contribution < -0.4 is 0 Å². The monoisotopic (exact) mass is 370 g/mol. The number of carbonyl (C=O) groups is 1. The molecule has 1 aliphatic rings. The van der Waals surface area contributed by atoms with Crippen molar-refractivity contribution in [2.75, 3.05) is 38.5 Å². The van der Waals surface area contributed by atoms with Crippen LogP contribution in [0.15, 0.2) is 21.5 Å². The second kappa shape index (κ2) is 7.65. The van der Waals surface area contributed by atoms with Crippen LogP contribution in [0.2, 0.25) is 0 Å². The molecular formula is C16H23BrN2OS. The standard InChI is InChI=1S/C16H23BrN2OS/c1-4-18-5-7-19(8-6-18)16(20)11-21-15-10-12(2)14(17)9-13(15)3/h9-10H,4-8,11H2,1-3H3. The van der Waals surface area contributed by atoms with E-state index in [4.69, 9.17) is 0 Å². The molecule has 0 radical (unpaired) electrons. The normalized spacial score (nSPS) is 16.3.